The Morgan fingerprint density at radius 2 is 0.558 bits per heavy atom. The number of rotatable bonds is 32. The van der Waals surface area contributed by atoms with E-state index in [0.29, 0.717) is 124 Å². The van der Waals surface area contributed by atoms with Crippen LogP contribution in [0.15, 0.2) is 167 Å². The average Bonchev–Trinajstić information content (AvgIpc) is 0.899. The predicted octanol–water partition coefficient (Wildman–Crippen LogP) is 22.9. The summed E-state index contributed by atoms with van der Waals surface area (Å²) in [6.45, 7) is 2.67. The third-order valence-corrected chi connectivity index (χ3v) is 27.8. The van der Waals surface area contributed by atoms with E-state index < -0.39 is 141 Å². The predicted molar refractivity (Wildman–Crippen MR) is 469 cm³/mol. The van der Waals surface area contributed by atoms with Crippen LogP contribution in [-0.2, 0) is 28.5 Å². The molecule has 2 aromatic heterocycles. The molecule has 724 valence electrons. The zero-order valence-electron chi connectivity index (χ0n) is 73.8. The number of epoxide rings is 4. The number of furan rings is 2. The van der Waals surface area contributed by atoms with E-state index in [1.807, 2.05) is 0 Å². The lowest BCUT2D eigenvalue weighted by Gasteiger charge is -2.36. The van der Waals surface area contributed by atoms with Crippen LogP contribution in [0, 0.1) is 23.7 Å². The fourth-order valence-electron chi connectivity index (χ4n) is 21.3. The molecule has 138 heavy (non-hydrogen) atoms. The topological polar surface area (TPSA) is 283 Å². The molecule has 6 amide bonds. The Morgan fingerprint density at radius 3 is 0.768 bits per heavy atom. The van der Waals surface area contributed by atoms with Gasteiger partial charge in [0.2, 0.25) is 12.1 Å². The molecule has 10 aliphatic rings. The van der Waals surface area contributed by atoms with Crippen LogP contribution in [0.2, 0.25) is 0 Å². The van der Waals surface area contributed by atoms with Crippen molar-refractivity contribution in [3.8, 4) is 69.0 Å². The fourth-order valence-corrected chi connectivity index (χ4v) is 21.3. The lowest BCUT2D eigenvalue weighted by atomic mass is 9.80. The minimum absolute atomic E-state index is 0.0602. The van der Waals surface area contributed by atoms with Gasteiger partial charge in [-0.05, 0) is 272 Å². The zero-order valence-corrected chi connectivity index (χ0v) is 73.8. The van der Waals surface area contributed by atoms with Crippen LogP contribution in [0.3, 0.4) is 0 Å². The minimum atomic E-state index is -6.24. The standard InChI is InChI=1S/C102H92F12N4O20/c103-99(104,105)97(100(106,107)108)115-91(119)89(75-15-5-33-125-75)117-93(121)71-43-77(135-59-25-17-55(18-26-59)131-63-11-1-7-51(35-63)39-67-47-127-67)83-84-78(136-60-27-19-56(20-28-60)132-64-12-2-8-52(36-64)40-68-48-128-68)44-73-82-74(96(124)118(95(73)123)90(76-16-6-34-126-76)92(120)116-98(101(109,110)111)102(112,113)114)46-80(138-62-31-23-58(24-32-62)134-66-14-4-10-54(38-66)42-70-50-130-70)86(88(82)84)85-79(45-72(94(117)122)81(71)87(83)85)137-61-29-21-57(22-30-61)133-65-13-3-9-53(37-65)41-69-49-129-69/h5-6,15-34,43-46,51-54,63-70,89-90,97-98H,1-4,7-14,35-42,47-50H2,(H,115,119)(H,116,120). The number of ether oxygens (including phenoxy) is 12. The highest BCUT2D eigenvalue weighted by Crippen LogP contribution is 2.60. The summed E-state index contributed by atoms with van der Waals surface area (Å²) in [4.78, 5) is 97.0. The molecule has 14 atom stereocenters. The number of nitrogens with zero attached hydrogens (tertiary/aromatic N) is 2. The molecule has 4 saturated carbocycles. The largest absolute Gasteiger partial charge is 0.490 e. The second kappa shape index (κ2) is 36.7. The molecule has 0 radical (unpaired) electrons. The highest BCUT2D eigenvalue weighted by atomic mass is 19.4. The van der Waals surface area contributed by atoms with Crippen LogP contribution >= 0.6 is 0 Å². The van der Waals surface area contributed by atoms with Crippen molar-refractivity contribution in [1.82, 2.24) is 20.4 Å². The number of hydrogen-bond acceptors (Lipinski definition) is 20. The Hall–Kier alpha value is -12.5. The van der Waals surface area contributed by atoms with Crippen molar-refractivity contribution in [2.24, 2.45) is 23.7 Å². The van der Waals surface area contributed by atoms with Crippen molar-refractivity contribution in [1.29, 1.82) is 0 Å². The maximum absolute atomic E-state index is 16.7. The van der Waals surface area contributed by atoms with Gasteiger partial charge in [-0.15, -0.1) is 0 Å². The number of hydrogen-bond donors (Lipinski definition) is 2. The molecule has 0 bridgehead atoms. The number of imide groups is 2. The molecule has 9 aromatic carbocycles. The highest BCUT2D eigenvalue weighted by molar-refractivity contribution is 6.45. The molecule has 21 rings (SSSR count). The Bertz CT molecular complexity index is 5720. The number of nitrogens with one attached hydrogen (secondary N) is 2. The maximum Gasteiger partial charge on any atom is 0.417 e. The molecular weight excluding hydrogens is 1830 g/mol. The smallest absolute Gasteiger partial charge is 0.417 e. The SMILES string of the molecule is O=C(NC(C(F)(F)F)C(F)(F)F)C(c1ccco1)N1C(=O)c2cc(Oc3ccc(OC4CCCC(CC5CO5)C4)cc3)c3c4c(Oc5ccc(OC6CCCC(CC7CO7)C6)cc5)cc5c6c(cc(Oc7ccc(OC8CCCC(CC9CO9)C8)cc7)c(c7c(Oc8ccc(OC9CCCC(CC%10CO%10)C9)cc8)cc(c2c37)C1=O)c64)C(=O)N(C(C(=O)NC(C(F)(F)F)C(F)(F)F)c1ccco1)C5=O. The zero-order chi connectivity index (χ0) is 95.5. The summed E-state index contributed by atoms with van der Waals surface area (Å²) in [5.41, 5.74) is -2.55. The summed E-state index contributed by atoms with van der Waals surface area (Å²) in [5, 5.41) is -0.176. The maximum atomic E-state index is 16.7. The first-order chi connectivity index (χ1) is 66.3. The lowest BCUT2D eigenvalue weighted by molar-refractivity contribution is -0.259. The van der Waals surface area contributed by atoms with Gasteiger partial charge in [0.15, 0.2) is 12.1 Å². The molecular formula is C102H92F12N4O20. The molecule has 2 N–H and O–H groups in total. The first kappa shape index (κ1) is 91.8. The number of halogens is 12. The van der Waals surface area contributed by atoms with Crippen molar-refractivity contribution < 1.29 is 147 Å². The van der Waals surface area contributed by atoms with E-state index in [0.717, 1.165) is 149 Å². The van der Waals surface area contributed by atoms with Crippen molar-refractivity contribution in [2.45, 2.75) is 226 Å². The highest BCUT2D eigenvalue weighted by Gasteiger charge is 2.61. The molecule has 36 heteroatoms. The quantitative estimate of drug-likeness (QED) is 0.0130. The Balaban J connectivity index is 0.816. The molecule has 24 nitrogen and oxygen atoms in total. The van der Waals surface area contributed by atoms with Crippen molar-refractivity contribution >= 4 is 78.5 Å². The summed E-state index contributed by atoms with van der Waals surface area (Å²) in [7, 11) is 0. The van der Waals surface area contributed by atoms with Crippen molar-refractivity contribution in [3.63, 3.8) is 0 Å². The van der Waals surface area contributed by atoms with Crippen LogP contribution in [0.1, 0.15) is 193 Å². The summed E-state index contributed by atoms with van der Waals surface area (Å²) in [6, 6.07) is 18.4. The van der Waals surface area contributed by atoms with E-state index in [-0.39, 0.29) is 125 Å². The number of benzene rings is 9. The lowest BCUT2D eigenvalue weighted by Crippen LogP contribution is -2.58. The Kier molecular flexibility index (Phi) is 24.4. The normalized spacial score (nSPS) is 24.2. The van der Waals surface area contributed by atoms with Gasteiger partial charge in [-0.25, -0.2) is 0 Å². The van der Waals surface area contributed by atoms with Gasteiger partial charge in [0, 0.05) is 43.1 Å². The van der Waals surface area contributed by atoms with Crippen LogP contribution in [0.5, 0.6) is 69.0 Å². The second-order valence-electron chi connectivity index (χ2n) is 37.7. The summed E-state index contributed by atoms with van der Waals surface area (Å²) in [6.07, 6.45) is -7.17. The second-order valence-corrected chi connectivity index (χ2v) is 37.7. The fraction of sp³-hybridized carbons (Fsp3) is 0.431. The first-order valence-corrected chi connectivity index (χ1v) is 46.6. The van der Waals surface area contributed by atoms with E-state index in [9.17, 15) is 52.7 Å². The molecule has 4 aliphatic carbocycles. The van der Waals surface area contributed by atoms with E-state index >= 15 is 28.8 Å². The molecule has 4 saturated heterocycles. The first-order valence-electron chi connectivity index (χ1n) is 46.6. The minimum Gasteiger partial charge on any atom is -0.490 e. The number of fused-ring (bicyclic) bond motifs is 2. The summed E-state index contributed by atoms with van der Waals surface area (Å²) < 4.78 is 267. The van der Waals surface area contributed by atoms with Gasteiger partial charge in [-0.1, -0.05) is 25.7 Å². The van der Waals surface area contributed by atoms with Gasteiger partial charge in [0.1, 0.15) is 80.5 Å². The molecule has 8 fully saturated rings. The monoisotopic (exact) mass is 1920 g/mol. The van der Waals surface area contributed by atoms with E-state index in [2.05, 4.69) is 0 Å². The summed E-state index contributed by atoms with van der Waals surface area (Å²) in [5.74, 6) is -11.6. The van der Waals surface area contributed by atoms with E-state index in [1.165, 1.54) is 48.5 Å². The molecule has 14 unspecified atom stereocenters. The summed E-state index contributed by atoms with van der Waals surface area (Å²) >= 11 is 0. The van der Waals surface area contributed by atoms with Gasteiger partial charge in [0.25, 0.3) is 35.4 Å². The van der Waals surface area contributed by atoms with Gasteiger partial charge in [-0.3, -0.25) is 38.6 Å². The van der Waals surface area contributed by atoms with E-state index in [1.54, 1.807) is 48.5 Å². The Labute approximate surface area is 779 Å². The van der Waals surface area contributed by atoms with Crippen LogP contribution in [-0.4, -0.2) is 157 Å². The van der Waals surface area contributed by atoms with Gasteiger partial charge in [-0.2, -0.15) is 52.7 Å². The van der Waals surface area contributed by atoms with Gasteiger partial charge >= 0.3 is 24.7 Å². The molecule has 8 heterocycles. The van der Waals surface area contributed by atoms with Crippen molar-refractivity contribution in [2.75, 3.05) is 26.4 Å². The number of carbonyl (C=O) groups excluding carboxylic acids is 6. The van der Waals surface area contributed by atoms with Gasteiger partial charge < -0.3 is 76.3 Å². The third-order valence-electron chi connectivity index (χ3n) is 27.8. The van der Waals surface area contributed by atoms with Crippen molar-refractivity contribution in [3.05, 3.63) is 192 Å². The Morgan fingerprint density at radius 1 is 0.326 bits per heavy atom. The molecule has 11 aromatic rings. The van der Waals surface area contributed by atoms with Crippen LogP contribution in [0.4, 0.5) is 52.7 Å². The van der Waals surface area contributed by atoms with Crippen LogP contribution < -0.4 is 48.5 Å². The van der Waals surface area contributed by atoms with Crippen LogP contribution in [0.25, 0.3) is 43.1 Å². The molecule has 0 spiro atoms. The number of carbonyl (C=O) groups is 6. The molecule has 6 aliphatic heterocycles. The average molecular weight is 1920 g/mol. The van der Waals surface area contributed by atoms with Gasteiger partial charge in [0.05, 0.1) is 110 Å². The number of amides is 6. The number of alkyl halides is 12. The van der Waals surface area contributed by atoms with E-state index in [4.69, 9.17) is 65.7 Å². The third kappa shape index (κ3) is 19.3.